The molecule has 0 saturated carbocycles. The zero-order valence-electron chi connectivity index (χ0n) is 18.2. The second-order valence-corrected chi connectivity index (χ2v) is 8.24. The van der Waals surface area contributed by atoms with Gasteiger partial charge in [0, 0.05) is 0 Å². The number of ether oxygens (including phenoxy) is 3. The van der Waals surface area contributed by atoms with E-state index < -0.39 is 11.9 Å². The minimum atomic E-state index is -0.824. The molecule has 1 aliphatic rings. The zero-order valence-corrected chi connectivity index (χ0v) is 19.1. The highest BCUT2D eigenvalue weighted by atomic mass is 32.1. The van der Waals surface area contributed by atoms with E-state index in [-0.39, 0.29) is 16.8 Å². The quantitative estimate of drug-likeness (QED) is 0.439. The van der Waals surface area contributed by atoms with E-state index in [9.17, 15) is 9.59 Å². The molecule has 1 aliphatic heterocycles. The third-order valence-electron chi connectivity index (χ3n) is 5.58. The summed E-state index contributed by atoms with van der Waals surface area (Å²) in [7, 11) is 4.51. The van der Waals surface area contributed by atoms with Gasteiger partial charge >= 0.3 is 0 Å². The van der Waals surface area contributed by atoms with Crippen LogP contribution in [0.25, 0.3) is 11.0 Å². The second-order valence-electron chi connectivity index (χ2n) is 7.43. The van der Waals surface area contributed by atoms with E-state index in [0.29, 0.717) is 38.9 Å². The molecular weight excluding hydrogens is 446 g/mol. The van der Waals surface area contributed by atoms with E-state index in [2.05, 4.69) is 10.2 Å². The first-order chi connectivity index (χ1) is 16.0. The predicted molar refractivity (Wildman–Crippen MR) is 122 cm³/mol. The number of fused-ring (bicyclic) bond motifs is 2. The van der Waals surface area contributed by atoms with Crippen LogP contribution in [0.2, 0.25) is 0 Å². The Balaban J connectivity index is 1.84. The first kappa shape index (κ1) is 21.0. The lowest BCUT2D eigenvalue weighted by Crippen LogP contribution is -2.29. The lowest BCUT2D eigenvalue weighted by Gasteiger charge is -2.23. The minimum absolute atomic E-state index is 0.0229. The Hall–Kier alpha value is -3.92. The number of hydrogen-bond acceptors (Lipinski definition) is 9. The van der Waals surface area contributed by atoms with Crippen LogP contribution in [-0.2, 0) is 0 Å². The number of aryl methyl sites for hydroxylation is 1. The molecule has 0 saturated heterocycles. The van der Waals surface area contributed by atoms with Crippen LogP contribution in [0.3, 0.4) is 0 Å². The summed E-state index contributed by atoms with van der Waals surface area (Å²) in [5.74, 6) is 0.694. The van der Waals surface area contributed by atoms with Gasteiger partial charge in [0.2, 0.25) is 16.6 Å². The van der Waals surface area contributed by atoms with Crippen molar-refractivity contribution in [1.29, 1.82) is 0 Å². The maximum absolute atomic E-state index is 13.7. The van der Waals surface area contributed by atoms with Crippen LogP contribution in [0.15, 0.2) is 45.1 Å². The van der Waals surface area contributed by atoms with E-state index in [0.717, 1.165) is 5.56 Å². The van der Waals surface area contributed by atoms with Gasteiger partial charge in [0.1, 0.15) is 11.1 Å². The Labute approximate surface area is 192 Å². The summed E-state index contributed by atoms with van der Waals surface area (Å²) >= 11 is 1.19. The van der Waals surface area contributed by atoms with Gasteiger partial charge in [-0.15, -0.1) is 10.2 Å². The molecule has 4 aromatic rings. The van der Waals surface area contributed by atoms with Gasteiger partial charge in [-0.05, 0) is 36.8 Å². The standard InChI is InChI=1S/C23H19N3O6S/c1-11-5-6-14-13(7-11)19(27)17-18(12-8-15(29-2)20(31-4)16(9-12)30-3)26(22(28)21(17)32-14)23-25-24-10-33-23/h5-10,18H,1-4H3/t18-/m1/s1. The van der Waals surface area contributed by atoms with Crippen LogP contribution < -0.4 is 24.5 Å². The number of carbonyl (C=O) groups is 1. The maximum atomic E-state index is 13.7. The molecule has 0 spiro atoms. The van der Waals surface area contributed by atoms with Crippen molar-refractivity contribution in [3.63, 3.8) is 0 Å². The molecule has 0 radical (unpaired) electrons. The largest absolute Gasteiger partial charge is 0.493 e. The fourth-order valence-electron chi connectivity index (χ4n) is 4.13. The van der Waals surface area contributed by atoms with Gasteiger partial charge in [-0.1, -0.05) is 23.0 Å². The summed E-state index contributed by atoms with van der Waals surface area (Å²) in [5.41, 5.74) is 3.29. The Bertz CT molecular complexity index is 1420. The summed E-state index contributed by atoms with van der Waals surface area (Å²) in [5, 5.41) is 8.69. The molecule has 0 bridgehead atoms. The van der Waals surface area contributed by atoms with E-state index >= 15 is 0 Å². The SMILES string of the molecule is COc1cc([C@@H]2c3c(oc4ccc(C)cc4c3=O)C(=O)N2c2nncs2)cc(OC)c1OC. The molecule has 33 heavy (non-hydrogen) atoms. The molecule has 168 valence electrons. The van der Waals surface area contributed by atoms with Gasteiger partial charge in [0.15, 0.2) is 16.9 Å². The molecule has 3 heterocycles. The van der Waals surface area contributed by atoms with Crippen molar-refractivity contribution in [1.82, 2.24) is 10.2 Å². The Kier molecular flexibility index (Phi) is 5.01. The molecule has 1 atom stereocenters. The number of benzene rings is 2. The van der Waals surface area contributed by atoms with Crippen LogP contribution in [0, 0.1) is 6.92 Å². The van der Waals surface area contributed by atoms with Gasteiger partial charge in [0.05, 0.1) is 38.3 Å². The van der Waals surface area contributed by atoms with E-state index in [1.807, 2.05) is 13.0 Å². The first-order valence-corrected chi connectivity index (χ1v) is 10.8. The predicted octanol–water partition coefficient (Wildman–Crippen LogP) is 3.73. The lowest BCUT2D eigenvalue weighted by atomic mass is 9.97. The van der Waals surface area contributed by atoms with Crippen molar-refractivity contribution in [3.05, 3.63) is 68.5 Å². The van der Waals surface area contributed by atoms with Gasteiger partial charge in [0.25, 0.3) is 5.91 Å². The maximum Gasteiger partial charge on any atom is 0.297 e. The second kappa shape index (κ2) is 7.89. The highest BCUT2D eigenvalue weighted by Gasteiger charge is 2.45. The van der Waals surface area contributed by atoms with Crippen molar-refractivity contribution in [2.45, 2.75) is 13.0 Å². The Morgan fingerprint density at radius 1 is 1.03 bits per heavy atom. The summed E-state index contributed by atoms with van der Waals surface area (Å²) in [6.45, 7) is 1.89. The molecule has 10 heteroatoms. The fourth-order valence-corrected chi connectivity index (χ4v) is 4.72. The number of aromatic nitrogens is 2. The number of amides is 1. The Morgan fingerprint density at radius 2 is 1.76 bits per heavy atom. The topological polar surface area (TPSA) is 104 Å². The molecule has 2 aromatic heterocycles. The summed E-state index contributed by atoms with van der Waals surface area (Å²) in [6.07, 6.45) is 0. The molecule has 1 amide bonds. The summed E-state index contributed by atoms with van der Waals surface area (Å²) in [4.78, 5) is 28.6. The highest BCUT2D eigenvalue weighted by molar-refractivity contribution is 7.13. The van der Waals surface area contributed by atoms with Crippen LogP contribution in [-0.4, -0.2) is 37.4 Å². The third-order valence-corrected chi connectivity index (χ3v) is 6.27. The summed E-state index contributed by atoms with van der Waals surface area (Å²) < 4.78 is 22.4. The average Bonchev–Trinajstić information content (AvgIpc) is 3.45. The fraction of sp³-hybridized carbons (Fsp3) is 0.217. The van der Waals surface area contributed by atoms with Crippen LogP contribution >= 0.6 is 11.3 Å². The van der Waals surface area contributed by atoms with E-state index in [4.69, 9.17) is 18.6 Å². The molecule has 2 aromatic carbocycles. The van der Waals surface area contributed by atoms with Gasteiger partial charge in [-0.25, -0.2) is 0 Å². The minimum Gasteiger partial charge on any atom is -0.493 e. The molecule has 5 rings (SSSR count). The molecule has 9 nitrogen and oxygen atoms in total. The number of carbonyl (C=O) groups excluding carboxylic acids is 1. The van der Waals surface area contributed by atoms with Gasteiger partial charge < -0.3 is 18.6 Å². The summed E-state index contributed by atoms with van der Waals surface area (Å²) in [6, 6.07) is 7.88. The zero-order chi connectivity index (χ0) is 23.3. The highest BCUT2D eigenvalue weighted by Crippen LogP contribution is 2.46. The molecule has 0 fully saturated rings. The van der Waals surface area contributed by atoms with Crippen molar-refractivity contribution in [3.8, 4) is 17.2 Å². The smallest absolute Gasteiger partial charge is 0.297 e. The normalized spacial score (nSPS) is 15.1. The van der Waals surface area contributed by atoms with Crippen molar-refractivity contribution in [2.75, 3.05) is 26.2 Å². The van der Waals surface area contributed by atoms with E-state index in [1.165, 1.54) is 43.1 Å². The number of hydrogen-bond donors (Lipinski definition) is 0. The molecule has 0 unspecified atom stereocenters. The number of rotatable bonds is 5. The average molecular weight is 465 g/mol. The molecule has 0 N–H and O–H groups in total. The monoisotopic (exact) mass is 465 g/mol. The van der Waals surface area contributed by atoms with E-state index in [1.54, 1.807) is 24.3 Å². The number of methoxy groups -OCH3 is 3. The number of anilines is 1. The van der Waals surface area contributed by atoms with Crippen molar-refractivity contribution in [2.24, 2.45) is 0 Å². The third kappa shape index (κ3) is 3.13. The lowest BCUT2D eigenvalue weighted by molar-refractivity contribution is 0.0970. The van der Waals surface area contributed by atoms with Crippen LogP contribution in [0.4, 0.5) is 5.13 Å². The van der Waals surface area contributed by atoms with Crippen molar-refractivity contribution < 1.29 is 23.4 Å². The molecular formula is C23H19N3O6S. The van der Waals surface area contributed by atoms with Crippen LogP contribution in [0.5, 0.6) is 17.2 Å². The van der Waals surface area contributed by atoms with Crippen LogP contribution in [0.1, 0.15) is 33.3 Å². The number of nitrogens with zero attached hydrogens (tertiary/aromatic N) is 3. The first-order valence-electron chi connectivity index (χ1n) is 9.95. The Morgan fingerprint density at radius 3 is 2.36 bits per heavy atom. The van der Waals surface area contributed by atoms with Gasteiger partial charge in [-0.2, -0.15) is 0 Å². The molecule has 0 aliphatic carbocycles. The van der Waals surface area contributed by atoms with Crippen molar-refractivity contribution >= 4 is 33.3 Å². The van der Waals surface area contributed by atoms with Gasteiger partial charge in [-0.3, -0.25) is 14.5 Å².